The zero-order chi connectivity index (χ0) is 31.7. The van der Waals surface area contributed by atoms with E-state index in [9.17, 15) is 0 Å². The maximum absolute atomic E-state index is 5.24. The molecule has 0 saturated heterocycles. The molecular weight excluding hydrogens is 573 g/mol. The fraction of sp³-hybridized carbons (Fsp3) is 0.0930. The quantitative estimate of drug-likeness (QED) is 0.188. The van der Waals surface area contributed by atoms with E-state index in [0.717, 1.165) is 22.2 Å². The molecule has 0 bridgehead atoms. The Kier molecular flexibility index (Phi) is 6.03. The Balaban J connectivity index is 1.42. The standard InChI is InChI=1S/C43H32N4/c1-43(2,3)30-24-21-29(22-25-30)41-44-40(28-14-5-4-6-15-28)45-42(46-41)47-36-20-12-11-19-34(36)38-35-26-23-27-13-7-8-16-31(27)37(35)32-17-9-10-18-33(32)39(38)47/h4-26H,1-3H3. The van der Waals surface area contributed by atoms with E-state index in [2.05, 4.69) is 147 Å². The number of benzene rings is 7. The minimum absolute atomic E-state index is 0.0517. The van der Waals surface area contributed by atoms with E-state index in [1.54, 1.807) is 0 Å². The maximum Gasteiger partial charge on any atom is 0.238 e. The van der Waals surface area contributed by atoms with E-state index in [4.69, 9.17) is 15.0 Å². The summed E-state index contributed by atoms with van der Waals surface area (Å²) < 4.78 is 2.25. The summed E-state index contributed by atoms with van der Waals surface area (Å²) in [6.07, 6.45) is 0. The molecule has 2 aromatic heterocycles. The van der Waals surface area contributed by atoms with Crippen LogP contribution in [0.5, 0.6) is 0 Å². The first-order valence-electron chi connectivity index (χ1n) is 16.1. The minimum atomic E-state index is 0.0517. The third kappa shape index (κ3) is 4.33. The predicted molar refractivity (Wildman–Crippen MR) is 196 cm³/mol. The molecule has 0 aliphatic heterocycles. The first-order chi connectivity index (χ1) is 23.0. The molecule has 0 spiro atoms. The lowest BCUT2D eigenvalue weighted by Gasteiger charge is -2.19. The lowest BCUT2D eigenvalue weighted by molar-refractivity contribution is 0.590. The Hall–Kier alpha value is -5.87. The summed E-state index contributed by atoms with van der Waals surface area (Å²) in [7, 11) is 0. The fourth-order valence-corrected chi connectivity index (χ4v) is 7.08. The van der Waals surface area contributed by atoms with Gasteiger partial charge in [-0.3, -0.25) is 4.57 Å². The van der Waals surface area contributed by atoms with Gasteiger partial charge in [0.05, 0.1) is 11.0 Å². The van der Waals surface area contributed by atoms with Crippen LogP contribution < -0.4 is 0 Å². The first-order valence-corrected chi connectivity index (χ1v) is 16.1. The largest absolute Gasteiger partial charge is 0.277 e. The van der Waals surface area contributed by atoms with Crippen molar-refractivity contribution < 1.29 is 0 Å². The van der Waals surface area contributed by atoms with Crippen molar-refractivity contribution in [2.75, 3.05) is 0 Å². The van der Waals surface area contributed by atoms with Crippen molar-refractivity contribution >= 4 is 54.1 Å². The molecule has 0 atom stereocenters. The number of fused-ring (bicyclic) bond motifs is 10. The molecule has 0 aliphatic carbocycles. The van der Waals surface area contributed by atoms with Gasteiger partial charge >= 0.3 is 0 Å². The van der Waals surface area contributed by atoms with E-state index in [1.165, 1.54) is 48.7 Å². The van der Waals surface area contributed by atoms with Crippen LogP contribution in [-0.2, 0) is 5.41 Å². The molecule has 224 valence electrons. The van der Waals surface area contributed by atoms with E-state index >= 15 is 0 Å². The second-order valence-corrected chi connectivity index (χ2v) is 13.3. The smallest absolute Gasteiger partial charge is 0.238 e. The van der Waals surface area contributed by atoms with Gasteiger partial charge in [-0.15, -0.1) is 0 Å². The average Bonchev–Trinajstić information content (AvgIpc) is 3.47. The highest BCUT2D eigenvalue weighted by Crippen LogP contribution is 2.44. The molecule has 0 fully saturated rings. The predicted octanol–water partition coefficient (Wildman–Crippen LogP) is 11.1. The van der Waals surface area contributed by atoms with Crippen molar-refractivity contribution in [3.05, 3.63) is 145 Å². The van der Waals surface area contributed by atoms with Crippen molar-refractivity contribution in [1.29, 1.82) is 0 Å². The maximum atomic E-state index is 5.24. The molecule has 9 rings (SSSR count). The van der Waals surface area contributed by atoms with Crippen LogP contribution in [0.2, 0.25) is 0 Å². The summed E-state index contributed by atoms with van der Waals surface area (Å²) in [5.74, 6) is 1.90. The molecule has 0 saturated carbocycles. The molecule has 7 aromatic carbocycles. The third-order valence-electron chi connectivity index (χ3n) is 9.39. The number of aromatic nitrogens is 4. The number of para-hydroxylation sites is 1. The molecule has 0 aliphatic rings. The van der Waals surface area contributed by atoms with Crippen molar-refractivity contribution in [2.24, 2.45) is 0 Å². The van der Waals surface area contributed by atoms with Gasteiger partial charge < -0.3 is 0 Å². The third-order valence-corrected chi connectivity index (χ3v) is 9.39. The summed E-state index contributed by atoms with van der Waals surface area (Å²) in [6.45, 7) is 6.70. The van der Waals surface area contributed by atoms with E-state index in [-0.39, 0.29) is 5.41 Å². The molecule has 4 nitrogen and oxygen atoms in total. The van der Waals surface area contributed by atoms with Gasteiger partial charge in [0.1, 0.15) is 0 Å². The SMILES string of the molecule is CC(C)(C)c1ccc(-c2nc(-c3ccccc3)nc(-n3c4ccccc4c4c5ccc6ccccc6c5c5ccccc5c43)n2)cc1. The van der Waals surface area contributed by atoms with Crippen LogP contribution in [0.15, 0.2) is 140 Å². The van der Waals surface area contributed by atoms with E-state index in [0.29, 0.717) is 17.6 Å². The van der Waals surface area contributed by atoms with Crippen LogP contribution in [0.3, 0.4) is 0 Å². The van der Waals surface area contributed by atoms with Gasteiger partial charge in [-0.1, -0.05) is 154 Å². The lowest BCUT2D eigenvalue weighted by atomic mass is 9.87. The summed E-state index contributed by atoms with van der Waals surface area (Å²) in [4.78, 5) is 15.5. The zero-order valence-electron chi connectivity index (χ0n) is 26.6. The molecule has 0 N–H and O–H groups in total. The van der Waals surface area contributed by atoms with Crippen molar-refractivity contribution in [2.45, 2.75) is 26.2 Å². The summed E-state index contributed by atoms with van der Waals surface area (Å²) in [5.41, 5.74) is 5.40. The summed E-state index contributed by atoms with van der Waals surface area (Å²) in [5, 5.41) is 9.75. The highest BCUT2D eigenvalue weighted by atomic mass is 15.2. The van der Waals surface area contributed by atoms with Crippen molar-refractivity contribution in [3.63, 3.8) is 0 Å². The average molecular weight is 605 g/mol. The molecule has 47 heavy (non-hydrogen) atoms. The van der Waals surface area contributed by atoms with Gasteiger partial charge in [-0.2, -0.15) is 9.97 Å². The molecular formula is C43H32N4. The number of rotatable bonds is 3. The van der Waals surface area contributed by atoms with Gasteiger partial charge in [-0.25, -0.2) is 4.98 Å². The van der Waals surface area contributed by atoms with Gasteiger partial charge in [-0.05, 0) is 44.0 Å². The fourth-order valence-electron chi connectivity index (χ4n) is 7.08. The van der Waals surface area contributed by atoms with Crippen LogP contribution >= 0.6 is 0 Å². The second-order valence-electron chi connectivity index (χ2n) is 13.3. The molecule has 0 radical (unpaired) electrons. The number of hydrogen-bond donors (Lipinski definition) is 0. The van der Waals surface area contributed by atoms with Crippen LogP contribution in [0, 0.1) is 0 Å². The van der Waals surface area contributed by atoms with Crippen LogP contribution in [0.1, 0.15) is 26.3 Å². The minimum Gasteiger partial charge on any atom is -0.277 e. The Morgan fingerprint density at radius 3 is 1.77 bits per heavy atom. The molecule has 0 unspecified atom stereocenters. The van der Waals surface area contributed by atoms with Gasteiger partial charge in [0.2, 0.25) is 5.95 Å². The normalized spacial score (nSPS) is 12.1. The monoisotopic (exact) mass is 604 g/mol. The van der Waals surface area contributed by atoms with Crippen LogP contribution in [0.4, 0.5) is 0 Å². The van der Waals surface area contributed by atoms with Crippen molar-refractivity contribution in [1.82, 2.24) is 19.5 Å². The highest BCUT2D eigenvalue weighted by molar-refractivity contribution is 6.36. The van der Waals surface area contributed by atoms with Gasteiger partial charge in [0.15, 0.2) is 11.6 Å². The van der Waals surface area contributed by atoms with Gasteiger partial charge in [0.25, 0.3) is 0 Å². The summed E-state index contributed by atoms with van der Waals surface area (Å²) >= 11 is 0. The highest BCUT2D eigenvalue weighted by Gasteiger charge is 2.23. The first kappa shape index (κ1) is 27.4. The van der Waals surface area contributed by atoms with Crippen molar-refractivity contribution in [3.8, 4) is 28.7 Å². The van der Waals surface area contributed by atoms with Crippen LogP contribution in [-0.4, -0.2) is 19.5 Å². The Bertz CT molecular complexity index is 2640. The molecule has 0 amide bonds. The summed E-state index contributed by atoms with van der Waals surface area (Å²) in [6, 6.07) is 49.4. The lowest BCUT2D eigenvalue weighted by Crippen LogP contribution is -2.10. The van der Waals surface area contributed by atoms with E-state index in [1.807, 2.05) is 18.2 Å². The van der Waals surface area contributed by atoms with Gasteiger partial charge in [0, 0.05) is 27.3 Å². The Morgan fingerprint density at radius 2 is 1.04 bits per heavy atom. The Morgan fingerprint density at radius 1 is 0.447 bits per heavy atom. The number of nitrogens with zero attached hydrogens (tertiary/aromatic N) is 4. The molecule has 4 heteroatoms. The topological polar surface area (TPSA) is 43.6 Å². The van der Waals surface area contributed by atoms with Crippen LogP contribution in [0.25, 0.3) is 82.8 Å². The van der Waals surface area contributed by atoms with E-state index < -0.39 is 0 Å². The second kappa shape index (κ2) is 10.3. The molecule has 9 aromatic rings. The molecule has 2 heterocycles. The number of hydrogen-bond acceptors (Lipinski definition) is 3. The zero-order valence-corrected chi connectivity index (χ0v) is 26.6. The Labute approximate surface area is 273 Å².